The Hall–Kier alpha value is -2.13. The van der Waals surface area contributed by atoms with Crippen molar-refractivity contribution in [3.8, 4) is 11.3 Å². The van der Waals surface area contributed by atoms with Gasteiger partial charge in [-0.25, -0.2) is 4.98 Å². The van der Waals surface area contributed by atoms with Gasteiger partial charge in [0.25, 0.3) is 0 Å². The number of anilines is 2. The van der Waals surface area contributed by atoms with Gasteiger partial charge >= 0.3 is 0 Å². The molecule has 3 heteroatoms. The molecule has 0 unspecified atom stereocenters. The molecule has 0 fully saturated rings. The van der Waals surface area contributed by atoms with Crippen LogP contribution in [0.3, 0.4) is 0 Å². The highest BCUT2D eigenvalue weighted by atomic mass is 32.1. The van der Waals surface area contributed by atoms with E-state index in [4.69, 9.17) is 4.98 Å². The van der Waals surface area contributed by atoms with Crippen LogP contribution in [0.15, 0.2) is 47.8 Å². The Kier molecular flexibility index (Phi) is 3.76. The van der Waals surface area contributed by atoms with Crippen molar-refractivity contribution >= 4 is 22.2 Å². The highest BCUT2D eigenvalue weighted by Crippen LogP contribution is 2.29. The minimum atomic E-state index is 0.926. The third-order valence-corrected chi connectivity index (χ3v) is 4.19. The predicted octanol–water partition coefficient (Wildman–Crippen LogP) is 5.48. The van der Waals surface area contributed by atoms with Gasteiger partial charge in [0.05, 0.1) is 5.69 Å². The fraction of sp³-hybridized carbons (Fsp3) is 0.167. The van der Waals surface area contributed by atoms with Gasteiger partial charge in [0.15, 0.2) is 5.13 Å². The van der Waals surface area contributed by atoms with Crippen LogP contribution in [0, 0.1) is 20.8 Å². The molecule has 3 aromatic rings. The van der Waals surface area contributed by atoms with Crippen molar-refractivity contribution in [3.05, 3.63) is 64.5 Å². The number of aryl methyl sites for hydroxylation is 3. The Labute approximate surface area is 129 Å². The Morgan fingerprint density at radius 3 is 2.52 bits per heavy atom. The summed E-state index contributed by atoms with van der Waals surface area (Å²) in [5.74, 6) is 0. The lowest BCUT2D eigenvalue weighted by atomic mass is 10.0. The number of nitrogens with zero attached hydrogens (tertiary/aromatic N) is 1. The molecule has 0 amide bonds. The second-order valence-corrected chi connectivity index (χ2v) is 6.21. The summed E-state index contributed by atoms with van der Waals surface area (Å²) in [4.78, 5) is 4.70. The van der Waals surface area contributed by atoms with Crippen LogP contribution in [0.2, 0.25) is 0 Å². The Balaban J connectivity index is 1.86. The molecule has 2 aromatic carbocycles. The summed E-state index contributed by atoms with van der Waals surface area (Å²) in [7, 11) is 0. The Morgan fingerprint density at radius 2 is 1.76 bits per heavy atom. The summed E-state index contributed by atoms with van der Waals surface area (Å²) in [6.45, 7) is 6.34. The van der Waals surface area contributed by atoms with E-state index in [0.29, 0.717) is 0 Å². The van der Waals surface area contributed by atoms with Gasteiger partial charge in [-0.15, -0.1) is 11.3 Å². The molecule has 1 N–H and O–H groups in total. The van der Waals surface area contributed by atoms with Crippen LogP contribution < -0.4 is 5.32 Å². The summed E-state index contributed by atoms with van der Waals surface area (Å²) >= 11 is 1.64. The topological polar surface area (TPSA) is 24.9 Å². The summed E-state index contributed by atoms with van der Waals surface area (Å²) in [5, 5.41) is 6.41. The number of thiazole rings is 1. The summed E-state index contributed by atoms with van der Waals surface area (Å²) < 4.78 is 0. The van der Waals surface area contributed by atoms with Crippen LogP contribution in [0.5, 0.6) is 0 Å². The van der Waals surface area contributed by atoms with Crippen LogP contribution >= 0.6 is 11.3 Å². The van der Waals surface area contributed by atoms with Crippen LogP contribution in [0.25, 0.3) is 11.3 Å². The van der Waals surface area contributed by atoms with Crippen molar-refractivity contribution < 1.29 is 0 Å². The van der Waals surface area contributed by atoms with Gasteiger partial charge in [0, 0.05) is 16.6 Å². The lowest BCUT2D eigenvalue weighted by Gasteiger charge is -2.04. The summed E-state index contributed by atoms with van der Waals surface area (Å²) in [5.41, 5.74) is 7.11. The van der Waals surface area contributed by atoms with Crippen LogP contribution in [-0.4, -0.2) is 4.98 Å². The third kappa shape index (κ3) is 3.14. The molecular formula is C18H18N2S. The zero-order valence-electron chi connectivity index (χ0n) is 12.5. The van der Waals surface area contributed by atoms with E-state index in [1.807, 2.05) is 0 Å². The minimum Gasteiger partial charge on any atom is -0.332 e. The number of hydrogen-bond acceptors (Lipinski definition) is 3. The molecule has 0 saturated heterocycles. The molecule has 21 heavy (non-hydrogen) atoms. The van der Waals surface area contributed by atoms with Gasteiger partial charge in [-0.05, 0) is 44.0 Å². The van der Waals surface area contributed by atoms with Gasteiger partial charge in [-0.2, -0.15) is 0 Å². The maximum absolute atomic E-state index is 4.70. The van der Waals surface area contributed by atoms with E-state index in [0.717, 1.165) is 16.5 Å². The highest BCUT2D eigenvalue weighted by Gasteiger charge is 2.07. The first-order valence-electron chi connectivity index (χ1n) is 6.99. The first kappa shape index (κ1) is 13.8. The molecule has 3 rings (SSSR count). The van der Waals surface area contributed by atoms with Crippen LogP contribution in [-0.2, 0) is 0 Å². The normalized spacial score (nSPS) is 10.6. The molecule has 0 saturated carbocycles. The number of hydrogen-bond donors (Lipinski definition) is 1. The molecular weight excluding hydrogens is 276 g/mol. The SMILES string of the molecule is Cc1cccc(Nc2nc(-c3ccc(C)cc3C)cs2)c1. The Bertz CT molecular complexity index is 774. The van der Waals surface area contributed by atoms with Gasteiger partial charge in [0.1, 0.15) is 0 Å². The van der Waals surface area contributed by atoms with Crippen molar-refractivity contribution in [3.63, 3.8) is 0 Å². The van der Waals surface area contributed by atoms with E-state index in [1.54, 1.807) is 11.3 Å². The molecule has 2 nitrogen and oxygen atoms in total. The van der Waals surface area contributed by atoms with Crippen molar-refractivity contribution in [1.29, 1.82) is 0 Å². The first-order chi connectivity index (χ1) is 10.1. The third-order valence-electron chi connectivity index (χ3n) is 3.43. The van der Waals surface area contributed by atoms with Crippen molar-refractivity contribution in [2.45, 2.75) is 20.8 Å². The second kappa shape index (κ2) is 5.70. The van der Waals surface area contributed by atoms with Crippen molar-refractivity contribution in [1.82, 2.24) is 4.98 Å². The molecule has 0 radical (unpaired) electrons. The number of benzene rings is 2. The predicted molar refractivity (Wildman–Crippen MR) is 91.5 cm³/mol. The van der Waals surface area contributed by atoms with E-state index >= 15 is 0 Å². The minimum absolute atomic E-state index is 0.926. The zero-order valence-corrected chi connectivity index (χ0v) is 13.3. The molecule has 0 spiro atoms. The largest absolute Gasteiger partial charge is 0.332 e. The quantitative estimate of drug-likeness (QED) is 0.692. The van der Waals surface area contributed by atoms with Gasteiger partial charge in [0.2, 0.25) is 0 Å². The second-order valence-electron chi connectivity index (χ2n) is 5.35. The van der Waals surface area contributed by atoms with E-state index in [9.17, 15) is 0 Å². The fourth-order valence-corrected chi connectivity index (χ4v) is 3.13. The lowest BCUT2D eigenvalue weighted by molar-refractivity contribution is 1.33. The Morgan fingerprint density at radius 1 is 0.952 bits per heavy atom. The van der Waals surface area contributed by atoms with E-state index in [2.05, 4.69) is 73.9 Å². The molecule has 0 aliphatic carbocycles. The smallest absolute Gasteiger partial charge is 0.187 e. The van der Waals surface area contributed by atoms with Crippen LogP contribution in [0.4, 0.5) is 10.8 Å². The van der Waals surface area contributed by atoms with Crippen molar-refractivity contribution in [2.24, 2.45) is 0 Å². The zero-order chi connectivity index (χ0) is 14.8. The number of aromatic nitrogens is 1. The lowest BCUT2D eigenvalue weighted by Crippen LogP contribution is -1.90. The van der Waals surface area contributed by atoms with E-state index in [-0.39, 0.29) is 0 Å². The molecule has 0 aliphatic rings. The van der Waals surface area contributed by atoms with E-state index in [1.165, 1.54) is 22.3 Å². The fourth-order valence-electron chi connectivity index (χ4n) is 2.40. The monoisotopic (exact) mass is 294 g/mol. The number of rotatable bonds is 3. The van der Waals surface area contributed by atoms with Gasteiger partial charge < -0.3 is 5.32 Å². The standard InChI is InChI=1S/C18H18N2S/c1-12-5-4-6-15(10-12)19-18-20-17(11-21-18)16-8-7-13(2)9-14(16)3/h4-11H,1-3H3,(H,19,20). The van der Waals surface area contributed by atoms with Gasteiger partial charge in [-0.1, -0.05) is 35.9 Å². The summed E-state index contributed by atoms with van der Waals surface area (Å²) in [6, 6.07) is 14.8. The first-order valence-corrected chi connectivity index (χ1v) is 7.86. The van der Waals surface area contributed by atoms with Crippen molar-refractivity contribution in [2.75, 3.05) is 5.32 Å². The molecule has 0 aliphatic heterocycles. The van der Waals surface area contributed by atoms with Crippen LogP contribution in [0.1, 0.15) is 16.7 Å². The average Bonchev–Trinajstić information content (AvgIpc) is 2.87. The molecule has 106 valence electrons. The maximum atomic E-state index is 4.70. The summed E-state index contributed by atoms with van der Waals surface area (Å²) in [6.07, 6.45) is 0. The average molecular weight is 294 g/mol. The molecule has 0 bridgehead atoms. The molecule has 1 heterocycles. The van der Waals surface area contributed by atoms with Gasteiger partial charge in [-0.3, -0.25) is 0 Å². The van der Waals surface area contributed by atoms with E-state index < -0.39 is 0 Å². The molecule has 0 atom stereocenters. The molecule has 1 aromatic heterocycles. The maximum Gasteiger partial charge on any atom is 0.187 e. The number of nitrogens with one attached hydrogen (secondary N) is 1. The highest BCUT2D eigenvalue weighted by molar-refractivity contribution is 7.14.